The Morgan fingerprint density at radius 3 is 2.64 bits per heavy atom. The van der Waals surface area contributed by atoms with Gasteiger partial charge in [-0.3, -0.25) is 9.29 Å². The summed E-state index contributed by atoms with van der Waals surface area (Å²) in [4.78, 5) is 4.39. The Balaban J connectivity index is 1.81. The topological polar surface area (TPSA) is 87.8 Å². The smallest absolute Gasteiger partial charge is 0.229 e. The molecular formula is C21H16N4O2S. The van der Waals surface area contributed by atoms with Gasteiger partial charge in [0.1, 0.15) is 6.33 Å². The maximum absolute atomic E-state index is 11.7. The predicted octanol–water partition coefficient (Wildman–Crippen LogP) is 3.94. The van der Waals surface area contributed by atoms with Gasteiger partial charge in [0.05, 0.1) is 34.6 Å². The van der Waals surface area contributed by atoms with Crippen molar-refractivity contribution in [1.82, 2.24) is 9.55 Å². The maximum atomic E-state index is 11.7. The van der Waals surface area contributed by atoms with Crippen molar-refractivity contribution in [1.29, 1.82) is 5.26 Å². The van der Waals surface area contributed by atoms with E-state index in [1.807, 2.05) is 47.0 Å². The molecule has 0 bridgehead atoms. The average Bonchev–Trinajstić information content (AvgIpc) is 3.10. The number of hydrogen-bond donors (Lipinski definition) is 1. The predicted molar refractivity (Wildman–Crippen MR) is 110 cm³/mol. The lowest BCUT2D eigenvalue weighted by molar-refractivity contribution is 0.607. The summed E-state index contributed by atoms with van der Waals surface area (Å²) in [5.41, 5.74) is 5.26. The zero-order chi connectivity index (χ0) is 19.7. The zero-order valence-electron chi connectivity index (χ0n) is 15.0. The molecule has 1 aromatic heterocycles. The van der Waals surface area contributed by atoms with E-state index in [2.05, 4.69) is 15.8 Å². The highest BCUT2D eigenvalue weighted by Gasteiger charge is 2.11. The Morgan fingerprint density at radius 2 is 1.86 bits per heavy atom. The van der Waals surface area contributed by atoms with Crippen LogP contribution in [-0.2, 0) is 10.0 Å². The fourth-order valence-electron chi connectivity index (χ4n) is 3.13. The molecule has 0 saturated heterocycles. The van der Waals surface area contributed by atoms with E-state index in [-0.39, 0.29) is 0 Å². The van der Waals surface area contributed by atoms with E-state index in [0.29, 0.717) is 11.3 Å². The molecule has 0 aliphatic heterocycles. The first-order valence-electron chi connectivity index (χ1n) is 8.49. The van der Waals surface area contributed by atoms with Crippen LogP contribution < -0.4 is 4.72 Å². The molecule has 138 valence electrons. The van der Waals surface area contributed by atoms with Gasteiger partial charge in [-0.25, -0.2) is 13.4 Å². The SMILES string of the molecule is CS(=O)(=O)Nc1ccccc1-c1cccc(-n2cnc3cc(C#N)ccc32)c1. The summed E-state index contributed by atoms with van der Waals surface area (Å²) in [7, 11) is -3.39. The second-order valence-corrected chi connectivity index (χ2v) is 8.15. The van der Waals surface area contributed by atoms with Crippen molar-refractivity contribution in [3.63, 3.8) is 0 Å². The number of aromatic nitrogens is 2. The van der Waals surface area contributed by atoms with Gasteiger partial charge in [0.2, 0.25) is 10.0 Å². The molecule has 6 nitrogen and oxygen atoms in total. The lowest BCUT2D eigenvalue weighted by Gasteiger charge is -2.12. The van der Waals surface area contributed by atoms with Crippen molar-refractivity contribution in [2.75, 3.05) is 11.0 Å². The maximum Gasteiger partial charge on any atom is 0.229 e. The molecule has 7 heteroatoms. The second-order valence-electron chi connectivity index (χ2n) is 6.40. The van der Waals surface area contributed by atoms with E-state index in [0.717, 1.165) is 34.1 Å². The Bertz CT molecular complexity index is 1330. The highest BCUT2D eigenvalue weighted by Crippen LogP contribution is 2.30. The number of nitrogens with one attached hydrogen (secondary N) is 1. The quantitative estimate of drug-likeness (QED) is 0.574. The minimum Gasteiger partial charge on any atom is -0.299 e. The summed E-state index contributed by atoms with van der Waals surface area (Å²) >= 11 is 0. The van der Waals surface area contributed by atoms with Crippen LogP contribution in [0.2, 0.25) is 0 Å². The third-order valence-electron chi connectivity index (χ3n) is 4.33. The first-order valence-corrected chi connectivity index (χ1v) is 10.4. The molecule has 1 heterocycles. The third-order valence-corrected chi connectivity index (χ3v) is 4.92. The number of imidazole rings is 1. The Kier molecular flexibility index (Phi) is 4.34. The fraction of sp³-hybridized carbons (Fsp3) is 0.0476. The van der Waals surface area contributed by atoms with Crippen LogP contribution >= 0.6 is 0 Å². The number of nitriles is 1. The van der Waals surface area contributed by atoms with Gasteiger partial charge < -0.3 is 0 Å². The number of para-hydroxylation sites is 1. The summed E-state index contributed by atoms with van der Waals surface area (Å²) < 4.78 is 27.9. The minimum atomic E-state index is -3.39. The lowest BCUT2D eigenvalue weighted by Crippen LogP contribution is -2.10. The molecule has 4 aromatic rings. The van der Waals surface area contributed by atoms with Gasteiger partial charge in [-0.2, -0.15) is 5.26 Å². The summed E-state index contributed by atoms with van der Waals surface area (Å²) in [6.07, 6.45) is 2.85. The normalized spacial score (nSPS) is 11.3. The number of sulfonamides is 1. The van der Waals surface area contributed by atoms with Crippen LogP contribution in [-0.4, -0.2) is 24.2 Å². The van der Waals surface area contributed by atoms with Gasteiger partial charge in [0.25, 0.3) is 0 Å². The summed E-state index contributed by atoms with van der Waals surface area (Å²) in [5, 5.41) is 9.06. The van der Waals surface area contributed by atoms with Crippen molar-refractivity contribution in [2.45, 2.75) is 0 Å². The van der Waals surface area contributed by atoms with Crippen LogP contribution in [0.25, 0.3) is 27.8 Å². The summed E-state index contributed by atoms with van der Waals surface area (Å²) in [6, 6.07) is 22.5. The van der Waals surface area contributed by atoms with Crippen LogP contribution in [0.1, 0.15) is 5.56 Å². The summed E-state index contributed by atoms with van der Waals surface area (Å²) in [5.74, 6) is 0. The molecule has 1 N–H and O–H groups in total. The largest absolute Gasteiger partial charge is 0.299 e. The molecule has 28 heavy (non-hydrogen) atoms. The van der Waals surface area contributed by atoms with Crippen molar-refractivity contribution < 1.29 is 8.42 Å². The molecule has 0 amide bonds. The first kappa shape index (κ1) is 17.8. The van der Waals surface area contributed by atoms with E-state index in [9.17, 15) is 8.42 Å². The van der Waals surface area contributed by atoms with Gasteiger partial charge in [-0.1, -0.05) is 30.3 Å². The van der Waals surface area contributed by atoms with Crippen molar-refractivity contribution in [3.05, 3.63) is 78.6 Å². The molecule has 0 unspecified atom stereocenters. The van der Waals surface area contributed by atoms with Gasteiger partial charge in [-0.05, 0) is 42.0 Å². The number of benzene rings is 3. The summed E-state index contributed by atoms with van der Waals surface area (Å²) in [6.45, 7) is 0. The molecule has 0 aliphatic rings. The number of anilines is 1. The molecule has 0 spiro atoms. The number of hydrogen-bond acceptors (Lipinski definition) is 4. The number of rotatable bonds is 4. The van der Waals surface area contributed by atoms with Gasteiger partial charge in [0, 0.05) is 11.3 Å². The monoisotopic (exact) mass is 388 g/mol. The molecule has 0 fully saturated rings. The molecule has 0 saturated carbocycles. The van der Waals surface area contributed by atoms with E-state index < -0.39 is 10.0 Å². The average molecular weight is 388 g/mol. The van der Waals surface area contributed by atoms with Crippen molar-refractivity contribution >= 4 is 26.7 Å². The standard InChI is InChI=1S/C21H16N4O2S/c1-28(26,27)24-19-8-3-2-7-18(19)16-5-4-6-17(12-16)25-14-23-20-11-15(13-22)9-10-21(20)25/h2-12,14,24H,1H3. The fourth-order valence-corrected chi connectivity index (χ4v) is 3.71. The first-order chi connectivity index (χ1) is 13.4. The van der Waals surface area contributed by atoms with Crippen molar-refractivity contribution in [2.24, 2.45) is 0 Å². The van der Waals surface area contributed by atoms with Gasteiger partial charge in [-0.15, -0.1) is 0 Å². The van der Waals surface area contributed by atoms with Crippen LogP contribution in [0.4, 0.5) is 5.69 Å². The van der Waals surface area contributed by atoms with Crippen molar-refractivity contribution in [3.8, 4) is 22.9 Å². The Hall–Kier alpha value is -3.63. The van der Waals surface area contributed by atoms with E-state index in [4.69, 9.17) is 5.26 Å². The van der Waals surface area contributed by atoms with Crippen LogP contribution in [0.3, 0.4) is 0 Å². The number of nitrogens with zero attached hydrogens (tertiary/aromatic N) is 3. The van der Waals surface area contributed by atoms with E-state index >= 15 is 0 Å². The van der Waals surface area contributed by atoms with Crippen LogP contribution in [0.15, 0.2) is 73.1 Å². The number of fused-ring (bicyclic) bond motifs is 1. The zero-order valence-corrected chi connectivity index (χ0v) is 15.8. The third kappa shape index (κ3) is 3.46. The highest BCUT2D eigenvalue weighted by atomic mass is 32.2. The highest BCUT2D eigenvalue weighted by molar-refractivity contribution is 7.92. The van der Waals surface area contributed by atoms with E-state index in [1.54, 1.807) is 30.6 Å². The van der Waals surface area contributed by atoms with Crippen LogP contribution in [0, 0.1) is 11.3 Å². The molecule has 3 aromatic carbocycles. The molecular weight excluding hydrogens is 372 g/mol. The Morgan fingerprint density at radius 1 is 1.04 bits per heavy atom. The van der Waals surface area contributed by atoms with Gasteiger partial charge >= 0.3 is 0 Å². The second kappa shape index (κ2) is 6.83. The minimum absolute atomic E-state index is 0.524. The molecule has 0 atom stereocenters. The molecule has 0 aliphatic carbocycles. The molecule has 4 rings (SSSR count). The van der Waals surface area contributed by atoms with Gasteiger partial charge in [0.15, 0.2) is 0 Å². The van der Waals surface area contributed by atoms with Crippen LogP contribution in [0.5, 0.6) is 0 Å². The molecule has 0 radical (unpaired) electrons. The lowest BCUT2D eigenvalue weighted by atomic mass is 10.0. The Labute approximate surface area is 162 Å². The van der Waals surface area contributed by atoms with E-state index in [1.165, 1.54) is 0 Å².